The highest BCUT2D eigenvalue weighted by Crippen LogP contribution is 2.26. The number of benzene rings is 2. The van der Waals surface area contributed by atoms with Crippen LogP contribution in [0.3, 0.4) is 0 Å². The average Bonchev–Trinajstić information content (AvgIpc) is 3.24. The van der Waals surface area contributed by atoms with E-state index in [-0.39, 0.29) is 22.8 Å². The molecule has 0 aliphatic carbocycles. The van der Waals surface area contributed by atoms with Crippen molar-refractivity contribution in [3.63, 3.8) is 0 Å². The molecule has 0 radical (unpaired) electrons. The van der Waals surface area contributed by atoms with E-state index in [1.807, 2.05) is 0 Å². The standard InChI is InChI=1S/C21H13F5N6O2S/c22-15-7-2-12(10-16(15)23)29-19(33)18-17(11-35-20-27-8-1-9-28-20)32(31-30-18)13-3-5-14(6-4-13)34-21(24,25)26/h1-10H,11H2,(H,29,33). The van der Waals surface area contributed by atoms with E-state index in [4.69, 9.17) is 0 Å². The van der Waals surface area contributed by atoms with Gasteiger partial charge in [0.2, 0.25) is 0 Å². The number of halogens is 5. The SMILES string of the molecule is O=C(Nc1ccc(F)c(F)c1)c1nnn(-c2ccc(OC(F)(F)F)cc2)c1CSc1ncccn1. The molecule has 0 saturated heterocycles. The summed E-state index contributed by atoms with van der Waals surface area (Å²) in [7, 11) is 0. The number of carbonyl (C=O) groups is 1. The highest BCUT2D eigenvalue weighted by molar-refractivity contribution is 7.98. The predicted molar refractivity (Wildman–Crippen MR) is 114 cm³/mol. The molecule has 1 amide bonds. The number of ether oxygens (including phenoxy) is 1. The molecule has 0 saturated carbocycles. The zero-order valence-electron chi connectivity index (χ0n) is 17.3. The van der Waals surface area contributed by atoms with Crippen LogP contribution in [0.1, 0.15) is 16.2 Å². The first-order valence-electron chi connectivity index (χ1n) is 9.66. The van der Waals surface area contributed by atoms with Crippen molar-refractivity contribution in [1.82, 2.24) is 25.0 Å². The van der Waals surface area contributed by atoms with Gasteiger partial charge in [0.05, 0.1) is 11.4 Å². The Morgan fingerprint density at radius 3 is 2.40 bits per heavy atom. The number of nitrogens with zero attached hydrogens (tertiary/aromatic N) is 5. The smallest absolute Gasteiger partial charge is 0.406 e. The van der Waals surface area contributed by atoms with Crippen LogP contribution < -0.4 is 10.1 Å². The number of thioether (sulfide) groups is 1. The van der Waals surface area contributed by atoms with Crippen molar-refractivity contribution < 1.29 is 31.5 Å². The molecule has 2 aromatic carbocycles. The lowest BCUT2D eigenvalue weighted by atomic mass is 10.2. The number of rotatable bonds is 7. The fourth-order valence-electron chi connectivity index (χ4n) is 2.86. The van der Waals surface area contributed by atoms with Gasteiger partial charge in [0, 0.05) is 29.9 Å². The molecule has 0 aliphatic rings. The first-order chi connectivity index (χ1) is 16.7. The molecule has 0 bridgehead atoms. The molecule has 0 atom stereocenters. The summed E-state index contributed by atoms with van der Waals surface area (Å²) in [4.78, 5) is 21.0. The molecule has 0 aliphatic heterocycles. The van der Waals surface area contributed by atoms with Gasteiger partial charge in [0.25, 0.3) is 5.91 Å². The fraction of sp³-hybridized carbons (Fsp3) is 0.0952. The van der Waals surface area contributed by atoms with E-state index < -0.39 is 29.7 Å². The van der Waals surface area contributed by atoms with Gasteiger partial charge in [-0.1, -0.05) is 17.0 Å². The summed E-state index contributed by atoms with van der Waals surface area (Å²) >= 11 is 1.15. The van der Waals surface area contributed by atoms with Crippen LogP contribution in [0.15, 0.2) is 66.1 Å². The molecule has 35 heavy (non-hydrogen) atoms. The topological polar surface area (TPSA) is 94.8 Å². The third-order valence-corrected chi connectivity index (χ3v) is 5.24. The van der Waals surface area contributed by atoms with E-state index in [9.17, 15) is 26.7 Å². The number of nitrogens with one attached hydrogen (secondary N) is 1. The minimum atomic E-state index is -4.85. The molecule has 4 rings (SSSR count). The molecular weight excluding hydrogens is 495 g/mol. The normalized spacial score (nSPS) is 11.3. The maximum atomic E-state index is 13.5. The maximum absolute atomic E-state index is 13.5. The highest BCUT2D eigenvalue weighted by Gasteiger charge is 2.31. The second-order valence-electron chi connectivity index (χ2n) is 6.74. The van der Waals surface area contributed by atoms with Gasteiger partial charge >= 0.3 is 6.36 Å². The van der Waals surface area contributed by atoms with Crippen LogP contribution in [0.25, 0.3) is 5.69 Å². The molecule has 1 N–H and O–H groups in total. The van der Waals surface area contributed by atoms with Crippen molar-refractivity contribution in [2.45, 2.75) is 17.3 Å². The Morgan fingerprint density at radius 2 is 1.74 bits per heavy atom. The van der Waals surface area contributed by atoms with Gasteiger partial charge in [-0.3, -0.25) is 4.79 Å². The maximum Gasteiger partial charge on any atom is 0.573 e. The van der Waals surface area contributed by atoms with Gasteiger partial charge in [-0.05, 0) is 42.5 Å². The summed E-state index contributed by atoms with van der Waals surface area (Å²) in [5.74, 6) is -3.33. The molecule has 0 unspecified atom stereocenters. The highest BCUT2D eigenvalue weighted by atomic mass is 32.2. The third-order valence-electron chi connectivity index (χ3n) is 4.35. The lowest BCUT2D eigenvalue weighted by Gasteiger charge is -2.11. The Hall–Kier alpha value is -4.07. The predicted octanol–water partition coefficient (Wildman–Crippen LogP) is 4.78. The number of hydrogen-bond acceptors (Lipinski definition) is 7. The summed E-state index contributed by atoms with van der Waals surface area (Å²) in [5.41, 5.74) is 0.395. The van der Waals surface area contributed by atoms with E-state index in [1.165, 1.54) is 35.3 Å². The quantitative estimate of drug-likeness (QED) is 0.218. The summed E-state index contributed by atoms with van der Waals surface area (Å²) < 4.78 is 69.2. The van der Waals surface area contributed by atoms with Crippen LogP contribution in [0.5, 0.6) is 5.75 Å². The Morgan fingerprint density at radius 1 is 1.03 bits per heavy atom. The minimum absolute atomic E-state index is 0.0119. The van der Waals surface area contributed by atoms with Crippen molar-refractivity contribution in [3.8, 4) is 11.4 Å². The van der Waals surface area contributed by atoms with Gasteiger partial charge in [-0.25, -0.2) is 23.4 Å². The second kappa shape index (κ2) is 10.0. The monoisotopic (exact) mass is 508 g/mol. The van der Waals surface area contributed by atoms with E-state index in [1.54, 1.807) is 6.07 Å². The van der Waals surface area contributed by atoms with E-state index in [0.717, 1.165) is 36.0 Å². The largest absolute Gasteiger partial charge is 0.573 e. The fourth-order valence-corrected chi connectivity index (χ4v) is 3.66. The Bertz CT molecular complexity index is 1330. The molecule has 14 heteroatoms. The summed E-state index contributed by atoms with van der Waals surface area (Å²) in [6.45, 7) is 0. The first kappa shape index (κ1) is 24.1. The van der Waals surface area contributed by atoms with Crippen LogP contribution in [0.2, 0.25) is 0 Å². The van der Waals surface area contributed by atoms with Gasteiger partial charge in [0.1, 0.15) is 5.75 Å². The average molecular weight is 508 g/mol. The minimum Gasteiger partial charge on any atom is -0.406 e. The lowest BCUT2D eigenvalue weighted by Crippen LogP contribution is -2.17. The van der Waals surface area contributed by atoms with Crippen molar-refractivity contribution in [2.24, 2.45) is 0 Å². The molecule has 0 fully saturated rings. The zero-order chi connectivity index (χ0) is 25.0. The Labute approximate surface area is 198 Å². The zero-order valence-corrected chi connectivity index (χ0v) is 18.1. The molecule has 180 valence electrons. The van der Waals surface area contributed by atoms with Crippen LogP contribution in [-0.2, 0) is 5.75 Å². The number of anilines is 1. The number of alkyl halides is 3. The third kappa shape index (κ3) is 6.09. The first-order valence-corrected chi connectivity index (χ1v) is 10.6. The van der Waals surface area contributed by atoms with E-state index >= 15 is 0 Å². The molecule has 4 aromatic rings. The molecule has 2 aromatic heterocycles. The lowest BCUT2D eigenvalue weighted by molar-refractivity contribution is -0.274. The summed E-state index contributed by atoms with van der Waals surface area (Å²) in [6, 6.07) is 9.25. The number of hydrogen-bond donors (Lipinski definition) is 1. The Balaban J connectivity index is 1.64. The van der Waals surface area contributed by atoms with Crippen molar-refractivity contribution in [1.29, 1.82) is 0 Å². The molecular formula is C21H13F5N6O2S. The van der Waals surface area contributed by atoms with Crippen LogP contribution in [0, 0.1) is 11.6 Å². The van der Waals surface area contributed by atoms with Crippen molar-refractivity contribution in [2.75, 3.05) is 5.32 Å². The van der Waals surface area contributed by atoms with Crippen LogP contribution in [0.4, 0.5) is 27.6 Å². The van der Waals surface area contributed by atoms with Gasteiger partial charge in [0.15, 0.2) is 22.5 Å². The second-order valence-corrected chi connectivity index (χ2v) is 7.68. The summed E-state index contributed by atoms with van der Waals surface area (Å²) in [6.07, 6.45) is -1.79. The van der Waals surface area contributed by atoms with Crippen molar-refractivity contribution >= 4 is 23.4 Å². The van der Waals surface area contributed by atoms with Gasteiger partial charge in [-0.2, -0.15) is 0 Å². The van der Waals surface area contributed by atoms with Crippen LogP contribution >= 0.6 is 11.8 Å². The summed E-state index contributed by atoms with van der Waals surface area (Å²) in [5, 5.41) is 10.6. The molecule has 0 spiro atoms. The number of aromatic nitrogens is 5. The van der Waals surface area contributed by atoms with Gasteiger partial charge in [-0.15, -0.1) is 18.3 Å². The number of carbonyl (C=O) groups excluding carboxylic acids is 1. The van der Waals surface area contributed by atoms with Gasteiger partial charge < -0.3 is 10.1 Å². The van der Waals surface area contributed by atoms with E-state index in [0.29, 0.717) is 10.8 Å². The van der Waals surface area contributed by atoms with Crippen molar-refractivity contribution in [3.05, 3.63) is 83.9 Å². The molecule has 8 nitrogen and oxygen atoms in total. The van der Waals surface area contributed by atoms with E-state index in [2.05, 4.69) is 30.3 Å². The van der Waals surface area contributed by atoms with Crippen LogP contribution in [-0.4, -0.2) is 37.2 Å². The molecule has 2 heterocycles. The number of amides is 1. The Kier molecular flexibility index (Phi) is 6.91.